The summed E-state index contributed by atoms with van der Waals surface area (Å²) in [6.07, 6.45) is 4.76. The predicted molar refractivity (Wildman–Crippen MR) is 106 cm³/mol. The quantitative estimate of drug-likeness (QED) is 0.471. The first-order valence-corrected chi connectivity index (χ1v) is 10.2. The minimum atomic E-state index is 0.721. The number of aliphatic imine (C=N–C) groups is 1. The molecule has 4 nitrogen and oxygen atoms in total. The molecule has 24 heavy (non-hydrogen) atoms. The summed E-state index contributed by atoms with van der Waals surface area (Å²) >= 11 is 1.80. The van der Waals surface area contributed by atoms with Crippen molar-refractivity contribution in [2.75, 3.05) is 39.5 Å². The van der Waals surface area contributed by atoms with Crippen LogP contribution < -0.4 is 10.6 Å². The molecule has 1 aromatic rings. The molecule has 134 valence electrons. The second-order valence-corrected chi connectivity index (χ2v) is 7.37. The summed E-state index contributed by atoms with van der Waals surface area (Å²) < 4.78 is 0. The summed E-state index contributed by atoms with van der Waals surface area (Å²) in [5.41, 5.74) is 2.63. The van der Waals surface area contributed by atoms with Crippen molar-refractivity contribution in [3.05, 3.63) is 29.3 Å². The monoisotopic (exact) mass is 348 g/mol. The first-order valence-electron chi connectivity index (χ1n) is 8.96. The molecule has 2 N–H and O–H groups in total. The van der Waals surface area contributed by atoms with Gasteiger partial charge in [-0.15, -0.1) is 11.8 Å². The van der Waals surface area contributed by atoms with Gasteiger partial charge in [-0.3, -0.25) is 4.99 Å². The lowest BCUT2D eigenvalue weighted by Gasteiger charge is -2.32. The van der Waals surface area contributed by atoms with E-state index in [2.05, 4.69) is 58.8 Å². The van der Waals surface area contributed by atoms with E-state index < -0.39 is 0 Å². The Balaban J connectivity index is 1.82. The van der Waals surface area contributed by atoms with Gasteiger partial charge in [-0.2, -0.15) is 0 Å². The highest BCUT2D eigenvalue weighted by atomic mass is 32.2. The molecule has 0 aliphatic carbocycles. The summed E-state index contributed by atoms with van der Waals surface area (Å²) in [7, 11) is 1.85. The highest BCUT2D eigenvalue weighted by Crippen LogP contribution is 2.21. The molecule has 0 radical (unpaired) electrons. The maximum atomic E-state index is 4.37. The first-order chi connectivity index (χ1) is 11.7. The SMILES string of the molecule is CCN1CCCC(CNC(=NC)NCc2ccc(C)cc2SC)C1. The van der Waals surface area contributed by atoms with E-state index in [1.807, 2.05) is 7.05 Å². The van der Waals surface area contributed by atoms with Crippen molar-refractivity contribution in [1.29, 1.82) is 0 Å². The first kappa shape index (κ1) is 19.1. The van der Waals surface area contributed by atoms with E-state index in [9.17, 15) is 0 Å². The van der Waals surface area contributed by atoms with E-state index in [1.165, 1.54) is 42.0 Å². The lowest BCUT2D eigenvalue weighted by molar-refractivity contribution is 0.183. The average Bonchev–Trinajstić information content (AvgIpc) is 2.62. The van der Waals surface area contributed by atoms with Gasteiger partial charge in [-0.05, 0) is 62.2 Å². The van der Waals surface area contributed by atoms with Crippen molar-refractivity contribution in [3.8, 4) is 0 Å². The van der Waals surface area contributed by atoms with Gasteiger partial charge in [-0.1, -0.05) is 19.1 Å². The van der Waals surface area contributed by atoms with E-state index >= 15 is 0 Å². The maximum absolute atomic E-state index is 4.37. The zero-order chi connectivity index (χ0) is 17.4. The number of guanidine groups is 1. The fourth-order valence-corrected chi connectivity index (χ4v) is 3.95. The summed E-state index contributed by atoms with van der Waals surface area (Å²) in [6, 6.07) is 6.63. The van der Waals surface area contributed by atoms with Gasteiger partial charge >= 0.3 is 0 Å². The molecule has 0 amide bonds. The maximum Gasteiger partial charge on any atom is 0.191 e. The minimum absolute atomic E-state index is 0.721. The molecule has 1 heterocycles. The van der Waals surface area contributed by atoms with Crippen molar-refractivity contribution in [2.24, 2.45) is 10.9 Å². The molecule has 1 aliphatic heterocycles. The molecule has 2 rings (SSSR count). The molecule has 1 fully saturated rings. The van der Waals surface area contributed by atoms with Crippen molar-refractivity contribution in [2.45, 2.75) is 38.1 Å². The van der Waals surface area contributed by atoms with Crippen LogP contribution in [0.15, 0.2) is 28.1 Å². The number of hydrogen-bond acceptors (Lipinski definition) is 3. The van der Waals surface area contributed by atoms with Crippen LogP contribution in [0.2, 0.25) is 0 Å². The molecule has 5 heteroatoms. The number of rotatable bonds is 6. The fourth-order valence-electron chi connectivity index (χ4n) is 3.24. The minimum Gasteiger partial charge on any atom is -0.356 e. The third-order valence-corrected chi connectivity index (χ3v) is 5.54. The number of likely N-dealkylation sites (tertiary alicyclic amines) is 1. The third-order valence-electron chi connectivity index (χ3n) is 4.72. The van der Waals surface area contributed by atoms with Crippen LogP contribution in [0.3, 0.4) is 0 Å². The molecule has 1 unspecified atom stereocenters. The van der Waals surface area contributed by atoms with Crippen LogP contribution in [0, 0.1) is 12.8 Å². The van der Waals surface area contributed by atoms with Crippen LogP contribution in [-0.2, 0) is 6.54 Å². The number of thioether (sulfide) groups is 1. The molecule has 1 aliphatic rings. The topological polar surface area (TPSA) is 39.7 Å². The number of aryl methyl sites for hydroxylation is 1. The summed E-state index contributed by atoms with van der Waals surface area (Å²) in [4.78, 5) is 8.26. The van der Waals surface area contributed by atoms with E-state index in [0.29, 0.717) is 0 Å². The Bertz CT molecular complexity index is 544. The van der Waals surface area contributed by atoms with Crippen LogP contribution in [0.1, 0.15) is 30.9 Å². The lowest BCUT2D eigenvalue weighted by Crippen LogP contribution is -2.44. The summed E-state index contributed by atoms with van der Waals surface area (Å²) in [5, 5.41) is 6.96. The number of piperidine rings is 1. The predicted octanol–water partition coefficient (Wildman–Crippen LogP) is 3.11. The molecule has 0 aromatic heterocycles. The normalized spacial score (nSPS) is 19.3. The van der Waals surface area contributed by atoms with Gasteiger partial charge in [0.2, 0.25) is 0 Å². The van der Waals surface area contributed by atoms with Gasteiger partial charge in [0, 0.05) is 31.6 Å². The van der Waals surface area contributed by atoms with Gasteiger partial charge < -0.3 is 15.5 Å². The highest BCUT2D eigenvalue weighted by Gasteiger charge is 2.18. The zero-order valence-electron chi connectivity index (χ0n) is 15.6. The highest BCUT2D eigenvalue weighted by molar-refractivity contribution is 7.98. The van der Waals surface area contributed by atoms with Crippen LogP contribution in [0.25, 0.3) is 0 Å². The molecular formula is C19H32N4S. The number of nitrogens with zero attached hydrogens (tertiary/aromatic N) is 2. The number of hydrogen-bond donors (Lipinski definition) is 2. The number of nitrogens with one attached hydrogen (secondary N) is 2. The summed E-state index contributed by atoms with van der Waals surface area (Å²) in [6.45, 7) is 9.82. The van der Waals surface area contributed by atoms with E-state index in [4.69, 9.17) is 0 Å². The summed E-state index contributed by atoms with van der Waals surface area (Å²) in [5.74, 6) is 1.62. The van der Waals surface area contributed by atoms with Gasteiger partial charge in [0.15, 0.2) is 5.96 Å². The molecule has 1 saturated heterocycles. The molecule has 0 saturated carbocycles. The second kappa shape index (κ2) is 9.94. The van der Waals surface area contributed by atoms with Gasteiger partial charge in [0.1, 0.15) is 0 Å². The Morgan fingerprint density at radius 2 is 2.21 bits per heavy atom. The van der Waals surface area contributed by atoms with Gasteiger partial charge in [0.25, 0.3) is 0 Å². The van der Waals surface area contributed by atoms with E-state index in [1.54, 1.807) is 11.8 Å². The third kappa shape index (κ3) is 5.71. The van der Waals surface area contributed by atoms with E-state index in [-0.39, 0.29) is 0 Å². The fraction of sp³-hybridized carbons (Fsp3) is 0.632. The standard InChI is InChI=1S/C19H32N4S/c1-5-23-10-6-7-16(14-23)12-21-19(20-3)22-13-17-9-8-15(2)11-18(17)24-4/h8-9,11,16H,5-7,10,12-14H2,1-4H3,(H2,20,21,22). The molecule has 0 bridgehead atoms. The Morgan fingerprint density at radius 3 is 2.92 bits per heavy atom. The Hall–Kier alpha value is -1.20. The van der Waals surface area contributed by atoms with Crippen molar-refractivity contribution < 1.29 is 0 Å². The molecule has 1 atom stereocenters. The van der Waals surface area contributed by atoms with Crippen LogP contribution >= 0.6 is 11.8 Å². The van der Waals surface area contributed by atoms with Crippen molar-refractivity contribution in [3.63, 3.8) is 0 Å². The van der Waals surface area contributed by atoms with Crippen LogP contribution in [0.4, 0.5) is 0 Å². The second-order valence-electron chi connectivity index (χ2n) is 6.52. The van der Waals surface area contributed by atoms with Crippen molar-refractivity contribution in [1.82, 2.24) is 15.5 Å². The van der Waals surface area contributed by atoms with Crippen LogP contribution in [0.5, 0.6) is 0 Å². The zero-order valence-corrected chi connectivity index (χ0v) is 16.4. The van der Waals surface area contributed by atoms with E-state index in [0.717, 1.165) is 31.5 Å². The molecule has 0 spiro atoms. The smallest absolute Gasteiger partial charge is 0.191 e. The molecular weight excluding hydrogens is 316 g/mol. The number of benzene rings is 1. The van der Waals surface area contributed by atoms with Gasteiger partial charge in [0.05, 0.1) is 0 Å². The van der Waals surface area contributed by atoms with Crippen molar-refractivity contribution >= 4 is 17.7 Å². The average molecular weight is 349 g/mol. The van der Waals surface area contributed by atoms with Gasteiger partial charge in [-0.25, -0.2) is 0 Å². The molecule has 1 aromatic carbocycles. The largest absolute Gasteiger partial charge is 0.356 e. The Morgan fingerprint density at radius 1 is 1.38 bits per heavy atom. The Kier molecular flexibility index (Phi) is 7.92. The lowest BCUT2D eigenvalue weighted by atomic mass is 9.98. The van der Waals surface area contributed by atoms with Crippen LogP contribution in [-0.4, -0.2) is 50.3 Å². The Labute approximate surface area is 151 Å².